The molecule has 0 fully saturated rings. The van der Waals surface area contributed by atoms with Crippen LogP contribution >= 0.6 is 0 Å². The van der Waals surface area contributed by atoms with Crippen molar-refractivity contribution in [2.24, 2.45) is 0 Å². The minimum atomic E-state index is -1.50. The van der Waals surface area contributed by atoms with E-state index >= 15 is 0 Å². The zero-order valence-electron chi connectivity index (χ0n) is 15.2. The van der Waals surface area contributed by atoms with Gasteiger partial charge < -0.3 is 10.2 Å². The predicted octanol–water partition coefficient (Wildman–Crippen LogP) is 3.97. The third-order valence-corrected chi connectivity index (χ3v) is 4.56. The number of carboxylic acids is 1. The van der Waals surface area contributed by atoms with Crippen LogP contribution in [-0.2, 0) is 0 Å². The van der Waals surface area contributed by atoms with E-state index in [9.17, 15) is 19.8 Å². The zero-order valence-corrected chi connectivity index (χ0v) is 15.2. The summed E-state index contributed by atoms with van der Waals surface area (Å²) in [6.07, 6.45) is 1.12. The molecule has 0 unspecified atom stereocenters. The molecule has 6 heteroatoms. The molecule has 0 atom stereocenters. The molecule has 3 aromatic carbocycles. The quantitative estimate of drug-likeness (QED) is 0.555. The largest absolute Gasteiger partial charge is 0.503 e. The first-order valence-corrected chi connectivity index (χ1v) is 8.86. The van der Waals surface area contributed by atoms with Crippen molar-refractivity contribution in [3.63, 3.8) is 0 Å². The number of hydrogen-bond donors (Lipinski definition) is 2. The lowest BCUT2D eigenvalue weighted by Gasteiger charge is -2.15. The molecule has 0 aliphatic rings. The predicted molar refractivity (Wildman–Crippen MR) is 109 cm³/mol. The monoisotopic (exact) mass is 384 g/mol. The highest BCUT2D eigenvalue weighted by molar-refractivity contribution is 5.87. The first-order chi connectivity index (χ1) is 14.1. The number of rotatable bonds is 4. The van der Waals surface area contributed by atoms with Gasteiger partial charge in [0.25, 0.3) is 5.43 Å². The van der Waals surface area contributed by atoms with E-state index in [1.807, 2.05) is 66.7 Å². The van der Waals surface area contributed by atoms with Crippen LogP contribution in [0.3, 0.4) is 0 Å². The van der Waals surface area contributed by atoms with Crippen LogP contribution in [0.25, 0.3) is 27.9 Å². The van der Waals surface area contributed by atoms with Crippen molar-refractivity contribution in [2.45, 2.75) is 0 Å². The van der Waals surface area contributed by atoms with Gasteiger partial charge in [0.05, 0.1) is 11.9 Å². The molecular weight excluding hydrogens is 368 g/mol. The van der Waals surface area contributed by atoms with Gasteiger partial charge in [-0.2, -0.15) is 5.10 Å². The first kappa shape index (κ1) is 18.2. The van der Waals surface area contributed by atoms with Crippen LogP contribution in [0.15, 0.2) is 89.9 Å². The number of hydrogen-bond acceptors (Lipinski definition) is 4. The maximum Gasteiger partial charge on any atom is 0.360 e. The van der Waals surface area contributed by atoms with E-state index in [4.69, 9.17) is 0 Å². The van der Waals surface area contributed by atoms with E-state index < -0.39 is 22.8 Å². The van der Waals surface area contributed by atoms with Gasteiger partial charge in [-0.05, 0) is 22.8 Å². The van der Waals surface area contributed by atoms with Crippen molar-refractivity contribution in [3.05, 3.63) is 101 Å². The van der Waals surface area contributed by atoms with Gasteiger partial charge in [0.1, 0.15) is 0 Å². The Labute approximate surface area is 165 Å². The molecule has 4 aromatic rings. The molecule has 2 N–H and O–H groups in total. The van der Waals surface area contributed by atoms with Gasteiger partial charge in [-0.15, -0.1) is 0 Å². The van der Waals surface area contributed by atoms with Crippen LogP contribution in [0.5, 0.6) is 5.75 Å². The third-order valence-electron chi connectivity index (χ3n) is 4.56. The average molecular weight is 384 g/mol. The Morgan fingerprint density at radius 3 is 2.07 bits per heavy atom. The number of aromatic hydroxyl groups is 1. The lowest BCUT2D eigenvalue weighted by molar-refractivity contribution is 0.0686. The summed E-state index contributed by atoms with van der Waals surface area (Å²) >= 11 is 0. The zero-order chi connectivity index (χ0) is 20.4. The topological polar surface area (TPSA) is 92.4 Å². The highest BCUT2D eigenvalue weighted by atomic mass is 16.4. The summed E-state index contributed by atoms with van der Waals surface area (Å²) in [6, 6.07) is 25.0. The Balaban J connectivity index is 1.96. The maximum atomic E-state index is 11.9. The Morgan fingerprint density at radius 2 is 1.38 bits per heavy atom. The molecule has 29 heavy (non-hydrogen) atoms. The Bertz CT molecular complexity index is 1260. The van der Waals surface area contributed by atoms with E-state index in [-0.39, 0.29) is 0 Å². The Morgan fingerprint density at radius 1 is 0.793 bits per heavy atom. The molecule has 0 saturated heterocycles. The number of para-hydroxylation sites is 1. The maximum absolute atomic E-state index is 11.9. The Hall–Kier alpha value is -4.19. The van der Waals surface area contributed by atoms with E-state index in [2.05, 4.69) is 5.10 Å². The SMILES string of the molecule is O=C(O)c1nn(-c2ccccc2-c2ccccc2-c2ccccc2)cc(O)c1=O. The van der Waals surface area contributed by atoms with Gasteiger partial charge in [0.2, 0.25) is 5.69 Å². The van der Waals surface area contributed by atoms with Gasteiger partial charge in [-0.3, -0.25) is 4.79 Å². The van der Waals surface area contributed by atoms with E-state index in [0.717, 1.165) is 28.5 Å². The second-order valence-electron chi connectivity index (χ2n) is 6.37. The van der Waals surface area contributed by atoms with E-state index in [0.29, 0.717) is 5.69 Å². The molecule has 0 aliphatic heterocycles. The van der Waals surface area contributed by atoms with Crippen LogP contribution in [0.1, 0.15) is 10.5 Å². The normalized spacial score (nSPS) is 10.6. The molecular formula is C23H16N2O4. The van der Waals surface area contributed by atoms with Crippen molar-refractivity contribution in [1.29, 1.82) is 0 Å². The highest BCUT2D eigenvalue weighted by Gasteiger charge is 2.18. The van der Waals surface area contributed by atoms with Crippen LogP contribution in [-0.4, -0.2) is 26.0 Å². The van der Waals surface area contributed by atoms with Gasteiger partial charge in [0, 0.05) is 5.56 Å². The number of aromatic carboxylic acids is 1. The number of nitrogens with zero attached hydrogens (tertiary/aromatic N) is 2. The molecule has 0 radical (unpaired) electrons. The van der Waals surface area contributed by atoms with Crippen molar-refractivity contribution >= 4 is 5.97 Å². The molecule has 4 rings (SSSR count). The molecule has 0 amide bonds. The van der Waals surface area contributed by atoms with Crippen molar-refractivity contribution in [2.75, 3.05) is 0 Å². The molecule has 6 nitrogen and oxygen atoms in total. The summed E-state index contributed by atoms with van der Waals surface area (Å²) in [5, 5.41) is 23.1. The first-order valence-electron chi connectivity index (χ1n) is 8.86. The van der Waals surface area contributed by atoms with Gasteiger partial charge in [-0.25, -0.2) is 9.48 Å². The summed E-state index contributed by atoms with van der Waals surface area (Å²) in [5.41, 5.74) is 2.48. The number of aromatic nitrogens is 2. The van der Waals surface area contributed by atoms with Crippen LogP contribution in [0.4, 0.5) is 0 Å². The molecule has 0 saturated carbocycles. The second-order valence-corrected chi connectivity index (χ2v) is 6.37. The fourth-order valence-corrected chi connectivity index (χ4v) is 3.23. The fraction of sp³-hybridized carbons (Fsp3) is 0. The molecule has 0 spiro atoms. The van der Waals surface area contributed by atoms with Crippen molar-refractivity contribution in [1.82, 2.24) is 9.78 Å². The molecule has 142 valence electrons. The number of carbonyl (C=O) groups is 1. The van der Waals surface area contributed by atoms with Crippen LogP contribution < -0.4 is 5.43 Å². The standard InChI is InChI=1S/C23H16N2O4/c26-20-14-25(24-21(22(20)27)23(28)29)19-13-7-6-12-18(19)17-11-5-4-10-16(17)15-8-2-1-3-9-15/h1-14,26H,(H,28,29). The summed E-state index contributed by atoms with van der Waals surface area (Å²) in [6.45, 7) is 0. The van der Waals surface area contributed by atoms with Crippen LogP contribution in [0, 0.1) is 0 Å². The molecule has 1 aromatic heterocycles. The number of benzene rings is 3. The lowest BCUT2D eigenvalue weighted by Crippen LogP contribution is -2.21. The fourth-order valence-electron chi connectivity index (χ4n) is 3.23. The molecule has 1 heterocycles. The smallest absolute Gasteiger partial charge is 0.360 e. The van der Waals surface area contributed by atoms with Crippen molar-refractivity contribution in [3.8, 4) is 33.7 Å². The van der Waals surface area contributed by atoms with Gasteiger partial charge in [0.15, 0.2) is 5.75 Å². The number of carboxylic acid groups (broad SMARTS) is 1. The highest BCUT2D eigenvalue weighted by Crippen LogP contribution is 2.35. The van der Waals surface area contributed by atoms with Crippen molar-refractivity contribution < 1.29 is 15.0 Å². The minimum absolute atomic E-state index is 0.536. The van der Waals surface area contributed by atoms with Gasteiger partial charge in [-0.1, -0.05) is 72.8 Å². The second kappa shape index (κ2) is 7.44. The third kappa shape index (κ3) is 3.39. The van der Waals surface area contributed by atoms with Gasteiger partial charge >= 0.3 is 5.97 Å². The minimum Gasteiger partial charge on any atom is -0.503 e. The van der Waals surface area contributed by atoms with E-state index in [1.54, 1.807) is 12.1 Å². The lowest BCUT2D eigenvalue weighted by atomic mass is 9.93. The molecule has 0 bridgehead atoms. The van der Waals surface area contributed by atoms with Crippen LogP contribution in [0.2, 0.25) is 0 Å². The summed E-state index contributed by atoms with van der Waals surface area (Å²) in [5.74, 6) is -2.18. The Kier molecular flexibility index (Phi) is 4.66. The van der Waals surface area contributed by atoms with E-state index in [1.165, 1.54) is 4.68 Å². The summed E-state index contributed by atoms with van der Waals surface area (Å²) in [7, 11) is 0. The average Bonchev–Trinajstić information content (AvgIpc) is 2.76. The molecule has 0 aliphatic carbocycles. The summed E-state index contributed by atoms with van der Waals surface area (Å²) < 4.78 is 1.22. The summed E-state index contributed by atoms with van der Waals surface area (Å²) in [4.78, 5) is 23.2.